The predicted molar refractivity (Wildman–Crippen MR) is 131 cm³/mol. The highest BCUT2D eigenvalue weighted by atomic mass is 16.5. The van der Waals surface area contributed by atoms with Crippen molar-refractivity contribution in [1.29, 1.82) is 0 Å². The number of ether oxygens (including phenoxy) is 4. The summed E-state index contributed by atoms with van der Waals surface area (Å²) in [5.41, 5.74) is 2.32. The third-order valence-electron chi connectivity index (χ3n) is 4.78. The lowest BCUT2D eigenvalue weighted by Crippen LogP contribution is -2.03. The summed E-state index contributed by atoms with van der Waals surface area (Å²) in [6.45, 7) is 7.70. The van der Waals surface area contributed by atoms with E-state index in [9.17, 15) is 4.79 Å². The van der Waals surface area contributed by atoms with Crippen molar-refractivity contribution in [3.05, 3.63) is 89.5 Å². The van der Waals surface area contributed by atoms with Crippen molar-refractivity contribution in [3.63, 3.8) is 0 Å². The van der Waals surface area contributed by atoms with Crippen LogP contribution in [0.2, 0.25) is 0 Å². The molecule has 3 rings (SSSR count). The fraction of sp³-hybridized carbons (Fsp3) is 0.250. The molecule has 0 aliphatic rings. The highest BCUT2D eigenvalue weighted by molar-refractivity contribution is 6.08. The standard InChI is InChI=1S/C28H30O5/c1-4-30-23-14-12-22(27(18-23)33-20-21-10-8-7-9-11-21)13-17-26(29)25-16-15-24(31-5-2)19-28(25)32-6-3/h7-19H,4-6,20H2,1-3H3. The Morgan fingerprint density at radius 1 is 0.727 bits per heavy atom. The largest absolute Gasteiger partial charge is 0.494 e. The summed E-state index contributed by atoms with van der Waals surface area (Å²) in [4.78, 5) is 13.0. The van der Waals surface area contributed by atoms with Gasteiger partial charge in [0.05, 0.1) is 25.4 Å². The molecule has 5 heteroatoms. The molecule has 33 heavy (non-hydrogen) atoms. The molecule has 0 aromatic heterocycles. The number of carbonyl (C=O) groups is 1. The molecule has 0 heterocycles. The lowest BCUT2D eigenvalue weighted by molar-refractivity contribution is 0.104. The Labute approximate surface area is 195 Å². The minimum Gasteiger partial charge on any atom is -0.494 e. The van der Waals surface area contributed by atoms with E-state index < -0.39 is 0 Å². The highest BCUT2D eigenvalue weighted by Gasteiger charge is 2.12. The number of ketones is 1. The van der Waals surface area contributed by atoms with Crippen molar-refractivity contribution < 1.29 is 23.7 Å². The average Bonchev–Trinajstić information content (AvgIpc) is 2.83. The zero-order valence-electron chi connectivity index (χ0n) is 19.4. The van der Waals surface area contributed by atoms with E-state index in [1.165, 1.54) is 6.08 Å². The minimum atomic E-state index is -0.163. The maximum absolute atomic E-state index is 13.0. The lowest BCUT2D eigenvalue weighted by Gasteiger charge is -2.12. The second kappa shape index (κ2) is 12.3. The summed E-state index contributed by atoms with van der Waals surface area (Å²) in [5, 5.41) is 0. The lowest BCUT2D eigenvalue weighted by atomic mass is 10.1. The fourth-order valence-corrected chi connectivity index (χ4v) is 3.26. The van der Waals surface area contributed by atoms with E-state index in [4.69, 9.17) is 18.9 Å². The van der Waals surface area contributed by atoms with Crippen LogP contribution in [0.5, 0.6) is 23.0 Å². The third kappa shape index (κ3) is 6.88. The smallest absolute Gasteiger partial charge is 0.189 e. The van der Waals surface area contributed by atoms with E-state index in [0.29, 0.717) is 55.0 Å². The number of carbonyl (C=O) groups excluding carboxylic acids is 1. The fourth-order valence-electron chi connectivity index (χ4n) is 3.26. The van der Waals surface area contributed by atoms with Crippen LogP contribution >= 0.6 is 0 Å². The first-order valence-corrected chi connectivity index (χ1v) is 11.2. The van der Waals surface area contributed by atoms with Gasteiger partial charge < -0.3 is 18.9 Å². The van der Waals surface area contributed by atoms with Gasteiger partial charge in [0.2, 0.25) is 0 Å². The molecule has 0 atom stereocenters. The van der Waals surface area contributed by atoms with Crippen LogP contribution in [-0.2, 0) is 6.61 Å². The normalized spacial score (nSPS) is 10.8. The molecule has 0 aliphatic heterocycles. The van der Waals surface area contributed by atoms with Crippen molar-refractivity contribution >= 4 is 11.9 Å². The minimum absolute atomic E-state index is 0.163. The molecule has 0 bridgehead atoms. The van der Waals surface area contributed by atoms with E-state index in [1.54, 1.807) is 24.3 Å². The van der Waals surface area contributed by atoms with Crippen LogP contribution in [0.4, 0.5) is 0 Å². The quantitative estimate of drug-likeness (QED) is 0.239. The predicted octanol–water partition coefficient (Wildman–Crippen LogP) is 6.36. The molecule has 0 amide bonds. The van der Waals surface area contributed by atoms with Gasteiger partial charge in [0.1, 0.15) is 29.6 Å². The maximum atomic E-state index is 13.0. The summed E-state index contributed by atoms with van der Waals surface area (Å²) in [5.74, 6) is 2.37. The molecular weight excluding hydrogens is 416 g/mol. The Balaban J connectivity index is 1.83. The molecule has 3 aromatic rings. The van der Waals surface area contributed by atoms with E-state index in [0.717, 1.165) is 11.1 Å². The summed E-state index contributed by atoms with van der Waals surface area (Å²) in [7, 11) is 0. The van der Waals surface area contributed by atoms with Crippen LogP contribution in [-0.4, -0.2) is 25.6 Å². The van der Waals surface area contributed by atoms with Gasteiger partial charge in [0.15, 0.2) is 5.78 Å². The molecular formula is C28H30O5. The summed E-state index contributed by atoms with van der Waals surface area (Å²) in [6, 6.07) is 20.8. The molecule has 0 unspecified atom stereocenters. The van der Waals surface area contributed by atoms with Crippen molar-refractivity contribution in [2.45, 2.75) is 27.4 Å². The number of allylic oxidation sites excluding steroid dienone is 1. The van der Waals surface area contributed by atoms with Gasteiger partial charge >= 0.3 is 0 Å². The van der Waals surface area contributed by atoms with Crippen LogP contribution in [0, 0.1) is 0 Å². The zero-order valence-corrected chi connectivity index (χ0v) is 19.4. The molecule has 0 spiro atoms. The topological polar surface area (TPSA) is 54.0 Å². The van der Waals surface area contributed by atoms with Crippen molar-refractivity contribution in [3.8, 4) is 23.0 Å². The molecule has 3 aromatic carbocycles. The first-order valence-electron chi connectivity index (χ1n) is 11.2. The highest BCUT2D eigenvalue weighted by Crippen LogP contribution is 2.29. The molecule has 0 saturated carbocycles. The average molecular weight is 447 g/mol. The Bertz CT molecular complexity index is 1070. The van der Waals surface area contributed by atoms with Crippen molar-refractivity contribution in [2.24, 2.45) is 0 Å². The van der Waals surface area contributed by atoms with Gasteiger partial charge in [-0.1, -0.05) is 30.3 Å². The van der Waals surface area contributed by atoms with E-state index >= 15 is 0 Å². The van der Waals surface area contributed by atoms with Crippen LogP contribution in [0.3, 0.4) is 0 Å². The van der Waals surface area contributed by atoms with Crippen LogP contribution in [0.15, 0.2) is 72.8 Å². The Kier molecular flexibility index (Phi) is 8.95. The molecule has 0 aliphatic carbocycles. The van der Waals surface area contributed by atoms with Gasteiger partial charge in [0, 0.05) is 17.7 Å². The molecule has 0 fully saturated rings. The van der Waals surface area contributed by atoms with Crippen LogP contribution < -0.4 is 18.9 Å². The summed E-state index contributed by atoms with van der Waals surface area (Å²) >= 11 is 0. The zero-order chi connectivity index (χ0) is 23.5. The van der Waals surface area contributed by atoms with E-state index in [1.807, 2.05) is 69.3 Å². The first-order chi connectivity index (χ1) is 16.1. The number of hydrogen-bond acceptors (Lipinski definition) is 5. The molecule has 0 N–H and O–H groups in total. The van der Waals surface area contributed by atoms with Crippen molar-refractivity contribution in [1.82, 2.24) is 0 Å². The van der Waals surface area contributed by atoms with Crippen LogP contribution in [0.25, 0.3) is 6.08 Å². The van der Waals surface area contributed by atoms with Crippen molar-refractivity contribution in [2.75, 3.05) is 19.8 Å². The monoisotopic (exact) mass is 446 g/mol. The molecule has 0 saturated heterocycles. The summed E-state index contributed by atoms with van der Waals surface area (Å²) in [6.07, 6.45) is 3.29. The number of benzene rings is 3. The Hall–Kier alpha value is -3.73. The van der Waals surface area contributed by atoms with Gasteiger partial charge in [0.25, 0.3) is 0 Å². The molecule has 5 nitrogen and oxygen atoms in total. The van der Waals surface area contributed by atoms with Gasteiger partial charge in [-0.15, -0.1) is 0 Å². The Morgan fingerprint density at radius 3 is 2.03 bits per heavy atom. The second-order valence-corrected chi connectivity index (χ2v) is 7.13. The van der Waals surface area contributed by atoms with E-state index in [2.05, 4.69) is 0 Å². The van der Waals surface area contributed by atoms with Gasteiger partial charge in [-0.25, -0.2) is 0 Å². The first kappa shape index (κ1) is 23.9. The SMILES string of the molecule is CCOc1ccc(C=CC(=O)c2ccc(OCC)cc2OCC)c(OCc2ccccc2)c1. The maximum Gasteiger partial charge on any atom is 0.189 e. The molecule has 172 valence electrons. The summed E-state index contributed by atoms with van der Waals surface area (Å²) < 4.78 is 22.9. The number of rotatable bonds is 12. The molecule has 0 radical (unpaired) electrons. The number of hydrogen-bond donors (Lipinski definition) is 0. The van der Waals surface area contributed by atoms with Gasteiger partial charge in [-0.05, 0) is 62.8 Å². The second-order valence-electron chi connectivity index (χ2n) is 7.13. The van der Waals surface area contributed by atoms with Gasteiger partial charge in [-0.3, -0.25) is 4.79 Å². The third-order valence-corrected chi connectivity index (χ3v) is 4.78. The van der Waals surface area contributed by atoms with Gasteiger partial charge in [-0.2, -0.15) is 0 Å². The van der Waals surface area contributed by atoms with Crippen LogP contribution in [0.1, 0.15) is 42.3 Å². The Morgan fingerprint density at radius 2 is 1.36 bits per heavy atom. The van der Waals surface area contributed by atoms with E-state index in [-0.39, 0.29) is 5.78 Å².